The van der Waals surface area contributed by atoms with Gasteiger partial charge in [-0.2, -0.15) is 0 Å². The highest BCUT2D eigenvalue weighted by molar-refractivity contribution is 8.12. The molecule has 5 nitrogen and oxygen atoms in total. The van der Waals surface area contributed by atoms with Gasteiger partial charge in [0.15, 0.2) is 5.17 Å². The molecule has 2 rings (SSSR count). The summed E-state index contributed by atoms with van der Waals surface area (Å²) in [4.78, 5) is 8.51. The van der Waals surface area contributed by atoms with E-state index >= 15 is 0 Å². The minimum atomic E-state index is 0.0512. The van der Waals surface area contributed by atoms with Gasteiger partial charge in [0, 0.05) is 5.39 Å². The molecule has 0 aliphatic carbocycles. The summed E-state index contributed by atoms with van der Waals surface area (Å²) < 4.78 is 0. The molecular weight excluding hydrogens is 222 g/mol. The fourth-order valence-corrected chi connectivity index (χ4v) is 1.77. The van der Waals surface area contributed by atoms with Gasteiger partial charge in [0.2, 0.25) is 0 Å². The molecule has 0 unspecified atom stereocenters. The van der Waals surface area contributed by atoms with Crippen molar-refractivity contribution in [1.82, 2.24) is 9.97 Å². The van der Waals surface area contributed by atoms with Crippen LogP contribution in [0.2, 0.25) is 0 Å². The normalized spacial score (nSPS) is 10.5. The van der Waals surface area contributed by atoms with E-state index in [9.17, 15) is 0 Å². The SMILES string of the molecule is N=C(N)SCc1nc(N)c2ccccc2n1. The highest BCUT2D eigenvalue weighted by Crippen LogP contribution is 2.18. The molecule has 0 aliphatic rings. The lowest BCUT2D eigenvalue weighted by molar-refractivity contribution is 1.08. The van der Waals surface area contributed by atoms with Gasteiger partial charge in [-0.05, 0) is 12.1 Å². The predicted octanol–water partition coefficient (Wildman–Crippen LogP) is 1.34. The third kappa shape index (κ3) is 2.22. The van der Waals surface area contributed by atoms with Crippen LogP contribution >= 0.6 is 11.8 Å². The number of anilines is 1. The summed E-state index contributed by atoms with van der Waals surface area (Å²) >= 11 is 1.18. The van der Waals surface area contributed by atoms with Crippen molar-refractivity contribution in [3.8, 4) is 0 Å². The van der Waals surface area contributed by atoms with E-state index in [2.05, 4.69) is 9.97 Å². The number of para-hydroxylation sites is 1. The molecule has 0 saturated heterocycles. The van der Waals surface area contributed by atoms with E-state index < -0.39 is 0 Å². The van der Waals surface area contributed by atoms with Gasteiger partial charge in [-0.25, -0.2) is 9.97 Å². The number of nitrogens with zero attached hydrogens (tertiary/aromatic N) is 2. The Morgan fingerprint density at radius 2 is 2.06 bits per heavy atom. The first-order valence-electron chi connectivity index (χ1n) is 4.65. The van der Waals surface area contributed by atoms with Crippen molar-refractivity contribution < 1.29 is 0 Å². The lowest BCUT2D eigenvalue weighted by Gasteiger charge is -2.04. The van der Waals surface area contributed by atoms with E-state index in [1.165, 1.54) is 11.8 Å². The van der Waals surface area contributed by atoms with Crippen molar-refractivity contribution in [2.75, 3.05) is 5.73 Å². The molecule has 1 aromatic carbocycles. The molecule has 0 radical (unpaired) electrons. The number of hydrogen-bond donors (Lipinski definition) is 3. The summed E-state index contributed by atoms with van der Waals surface area (Å²) in [6, 6.07) is 7.56. The van der Waals surface area contributed by atoms with Crippen LogP contribution in [-0.2, 0) is 5.75 Å². The van der Waals surface area contributed by atoms with Gasteiger partial charge in [-0.3, -0.25) is 5.41 Å². The smallest absolute Gasteiger partial charge is 0.151 e. The van der Waals surface area contributed by atoms with Gasteiger partial charge >= 0.3 is 0 Å². The largest absolute Gasteiger partial charge is 0.383 e. The van der Waals surface area contributed by atoms with E-state index in [1.54, 1.807) is 0 Å². The molecule has 82 valence electrons. The number of nitrogens with one attached hydrogen (secondary N) is 1. The molecule has 1 aromatic heterocycles. The third-order valence-corrected chi connectivity index (χ3v) is 2.75. The number of fused-ring (bicyclic) bond motifs is 1. The molecule has 0 amide bonds. The zero-order valence-electron chi connectivity index (χ0n) is 8.47. The molecule has 6 heteroatoms. The van der Waals surface area contributed by atoms with Crippen LogP contribution in [0.3, 0.4) is 0 Å². The van der Waals surface area contributed by atoms with Gasteiger partial charge < -0.3 is 11.5 Å². The maximum absolute atomic E-state index is 7.11. The van der Waals surface area contributed by atoms with Crippen LogP contribution in [-0.4, -0.2) is 15.1 Å². The Bertz CT molecular complexity index is 540. The Morgan fingerprint density at radius 1 is 1.31 bits per heavy atom. The van der Waals surface area contributed by atoms with Gasteiger partial charge in [-0.15, -0.1) is 0 Å². The van der Waals surface area contributed by atoms with E-state index in [0.717, 1.165) is 10.9 Å². The lowest BCUT2D eigenvalue weighted by Crippen LogP contribution is -2.06. The average molecular weight is 233 g/mol. The van der Waals surface area contributed by atoms with Crippen LogP contribution in [0.15, 0.2) is 24.3 Å². The summed E-state index contributed by atoms with van der Waals surface area (Å²) in [6.45, 7) is 0. The van der Waals surface area contributed by atoms with Gasteiger partial charge in [0.1, 0.15) is 11.6 Å². The van der Waals surface area contributed by atoms with E-state index in [1.807, 2.05) is 24.3 Å². The van der Waals surface area contributed by atoms with Crippen molar-refractivity contribution in [3.05, 3.63) is 30.1 Å². The Morgan fingerprint density at radius 3 is 2.81 bits per heavy atom. The molecule has 1 heterocycles. The first-order chi connectivity index (χ1) is 7.66. The number of aromatic nitrogens is 2. The number of thioether (sulfide) groups is 1. The van der Waals surface area contributed by atoms with Crippen molar-refractivity contribution in [2.24, 2.45) is 5.73 Å². The number of amidine groups is 1. The summed E-state index contributed by atoms with van der Waals surface area (Å²) in [5.74, 6) is 1.52. The molecule has 0 bridgehead atoms. The molecule has 0 fully saturated rings. The average Bonchev–Trinajstić information content (AvgIpc) is 2.26. The third-order valence-electron chi connectivity index (χ3n) is 2.04. The monoisotopic (exact) mass is 233 g/mol. The van der Waals surface area contributed by atoms with Crippen molar-refractivity contribution >= 4 is 33.7 Å². The molecule has 0 aliphatic heterocycles. The topological polar surface area (TPSA) is 102 Å². The molecule has 5 N–H and O–H groups in total. The number of rotatable bonds is 2. The maximum atomic E-state index is 7.11. The minimum absolute atomic E-state index is 0.0512. The summed E-state index contributed by atoms with van der Waals surface area (Å²) in [6.07, 6.45) is 0. The Balaban J connectivity index is 2.38. The number of hydrogen-bond acceptors (Lipinski definition) is 5. The fourth-order valence-electron chi connectivity index (χ4n) is 1.36. The van der Waals surface area contributed by atoms with Crippen LogP contribution in [0, 0.1) is 5.41 Å². The minimum Gasteiger partial charge on any atom is -0.383 e. The molecule has 0 atom stereocenters. The van der Waals surface area contributed by atoms with Gasteiger partial charge in [0.05, 0.1) is 11.3 Å². The summed E-state index contributed by atoms with van der Waals surface area (Å²) in [7, 11) is 0. The highest BCUT2D eigenvalue weighted by atomic mass is 32.2. The molecule has 16 heavy (non-hydrogen) atoms. The summed E-state index contributed by atoms with van der Waals surface area (Å²) in [5, 5.41) is 8.01. The highest BCUT2D eigenvalue weighted by Gasteiger charge is 2.05. The number of benzene rings is 1. The first kappa shape index (κ1) is 10.7. The van der Waals surface area contributed by atoms with E-state index in [0.29, 0.717) is 17.4 Å². The van der Waals surface area contributed by atoms with Crippen molar-refractivity contribution in [1.29, 1.82) is 5.41 Å². The fraction of sp³-hybridized carbons (Fsp3) is 0.100. The quantitative estimate of drug-likeness (QED) is 0.536. The Labute approximate surface area is 96.8 Å². The zero-order chi connectivity index (χ0) is 11.5. The summed E-state index contributed by atoms with van der Waals surface area (Å²) in [5.41, 5.74) is 11.9. The van der Waals surface area contributed by atoms with E-state index in [-0.39, 0.29) is 5.17 Å². The van der Waals surface area contributed by atoms with Gasteiger partial charge in [0.25, 0.3) is 0 Å². The van der Waals surface area contributed by atoms with Crippen molar-refractivity contribution in [2.45, 2.75) is 5.75 Å². The molecule has 2 aromatic rings. The predicted molar refractivity (Wildman–Crippen MR) is 67.2 cm³/mol. The Kier molecular flexibility index (Phi) is 2.91. The Hall–Kier alpha value is -1.82. The maximum Gasteiger partial charge on any atom is 0.151 e. The van der Waals surface area contributed by atoms with Crippen LogP contribution in [0.1, 0.15) is 5.82 Å². The second-order valence-corrected chi connectivity index (χ2v) is 4.21. The number of nitrogen functional groups attached to an aromatic ring is 1. The lowest BCUT2D eigenvalue weighted by atomic mass is 10.2. The van der Waals surface area contributed by atoms with Crippen LogP contribution in [0.5, 0.6) is 0 Å². The van der Waals surface area contributed by atoms with Gasteiger partial charge in [-0.1, -0.05) is 23.9 Å². The van der Waals surface area contributed by atoms with E-state index in [4.69, 9.17) is 16.9 Å². The second-order valence-electron chi connectivity index (χ2n) is 3.20. The molecular formula is C10H11N5S. The number of nitrogens with two attached hydrogens (primary N) is 2. The molecule has 0 saturated carbocycles. The first-order valence-corrected chi connectivity index (χ1v) is 5.63. The van der Waals surface area contributed by atoms with Crippen LogP contribution in [0.4, 0.5) is 5.82 Å². The second kappa shape index (κ2) is 4.36. The van der Waals surface area contributed by atoms with Crippen LogP contribution in [0.25, 0.3) is 10.9 Å². The standard InChI is InChI=1S/C10H11N5S/c11-9-6-3-1-2-4-7(6)14-8(15-9)5-16-10(12)13/h1-4H,5H2,(H3,12,13)(H2,11,14,15). The van der Waals surface area contributed by atoms with Crippen LogP contribution < -0.4 is 11.5 Å². The van der Waals surface area contributed by atoms with Crippen molar-refractivity contribution in [3.63, 3.8) is 0 Å². The molecule has 0 spiro atoms. The zero-order valence-corrected chi connectivity index (χ0v) is 9.29.